The highest BCUT2D eigenvalue weighted by molar-refractivity contribution is 7.90. The molecule has 0 saturated carbocycles. The van der Waals surface area contributed by atoms with Crippen molar-refractivity contribution in [1.29, 1.82) is 0 Å². The van der Waals surface area contributed by atoms with Crippen molar-refractivity contribution in [1.82, 2.24) is 4.90 Å². The number of hydrogen-bond donors (Lipinski definition) is 1. The molecule has 1 atom stereocenters. The van der Waals surface area contributed by atoms with E-state index in [9.17, 15) is 8.42 Å². The number of aryl methyl sites for hydroxylation is 1. The van der Waals surface area contributed by atoms with Crippen LogP contribution in [0.15, 0.2) is 24.3 Å². The van der Waals surface area contributed by atoms with Gasteiger partial charge in [0.05, 0.1) is 5.75 Å². The second kappa shape index (κ2) is 6.31. The Balaban J connectivity index is 2.55. The van der Waals surface area contributed by atoms with E-state index in [1.165, 1.54) is 11.8 Å². The molecule has 4 nitrogen and oxygen atoms in total. The van der Waals surface area contributed by atoms with Crippen molar-refractivity contribution in [2.75, 3.05) is 32.1 Å². The van der Waals surface area contributed by atoms with E-state index in [0.29, 0.717) is 13.1 Å². The van der Waals surface area contributed by atoms with E-state index >= 15 is 0 Å². The van der Waals surface area contributed by atoms with E-state index in [-0.39, 0.29) is 11.8 Å². The number of benzene rings is 1. The third kappa shape index (κ3) is 5.16. The molecule has 0 aliphatic rings. The van der Waals surface area contributed by atoms with Gasteiger partial charge in [0.2, 0.25) is 0 Å². The van der Waals surface area contributed by atoms with Crippen LogP contribution in [0, 0.1) is 6.92 Å². The molecule has 1 rings (SSSR count). The lowest BCUT2D eigenvalue weighted by Crippen LogP contribution is -2.32. The smallest absolute Gasteiger partial charge is 0.148 e. The maximum absolute atomic E-state index is 11.1. The van der Waals surface area contributed by atoms with Crippen molar-refractivity contribution in [2.45, 2.75) is 13.0 Å². The van der Waals surface area contributed by atoms with Crippen LogP contribution in [0.2, 0.25) is 0 Å². The molecule has 102 valence electrons. The summed E-state index contributed by atoms with van der Waals surface area (Å²) in [5.41, 5.74) is 8.43. The molecule has 18 heavy (non-hydrogen) atoms. The first-order valence-corrected chi connectivity index (χ1v) is 8.03. The van der Waals surface area contributed by atoms with Crippen LogP contribution in [-0.2, 0) is 9.84 Å². The highest BCUT2D eigenvalue weighted by atomic mass is 32.2. The maximum Gasteiger partial charge on any atom is 0.148 e. The van der Waals surface area contributed by atoms with E-state index in [1.807, 2.05) is 43.1 Å². The molecular weight excluding hydrogens is 248 g/mol. The molecule has 0 fully saturated rings. The predicted molar refractivity (Wildman–Crippen MR) is 75.3 cm³/mol. The van der Waals surface area contributed by atoms with Gasteiger partial charge in [0.1, 0.15) is 9.84 Å². The monoisotopic (exact) mass is 270 g/mol. The average Bonchev–Trinajstić information content (AvgIpc) is 2.26. The molecule has 0 radical (unpaired) electrons. The summed E-state index contributed by atoms with van der Waals surface area (Å²) in [5.74, 6) is 0.171. The number of sulfone groups is 1. The SMILES string of the molecule is Cc1ccccc1C(N)CN(C)CCS(C)(=O)=O. The Morgan fingerprint density at radius 2 is 1.94 bits per heavy atom. The molecule has 2 N–H and O–H groups in total. The summed E-state index contributed by atoms with van der Waals surface area (Å²) in [6.07, 6.45) is 1.25. The first-order valence-electron chi connectivity index (χ1n) is 5.97. The third-order valence-corrected chi connectivity index (χ3v) is 3.86. The van der Waals surface area contributed by atoms with Gasteiger partial charge in [-0.3, -0.25) is 0 Å². The van der Waals surface area contributed by atoms with Crippen molar-refractivity contribution in [3.05, 3.63) is 35.4 Å². The molecule has 1 unspecified atom stereocenters. The third-order valence-electron chi connectivity index (χ3n) is 2.94. The summed E-state index contributed by atoms with van der Waals surface area (Å²) < 4.78 is 22.2. The van der Waals surface area contributed by atoms with Crippen LogP contribution in [0.5, 0.6) is 0 Å². The van der Waals surface area contributed by atoms with Gasteiger partial charge in [-0.2, -0.15) is 0 Å². The van der Waals surface area contributed by atoms with Gasteiger partial charge >= 0.3 is 0 Å². The Bertz CT molecular complexity index is 486. The second-order valence-corrected chi connectivity index (χ2v) is 7.11. The molecule has 0 aliphatic heterocycles. The second-order valence-electron chi connectivity index (χ2n) is 4.86. The van der Waals surface area contributed by atoms with Gasteiger partial charge in [0, 0.05) is 25.4 Å². The number of nitrogens with zero attached hydrogens (tertiary/aromatic N) is 1. The normalized spacial score (nSPS) is 13.8. The van der Waals surface area contributed by atoms with Gasteiger partial charge in [-0.05, 0) is 25.1 Å². The Morgan fingerprint density at radius 1 is 1.33 bits per heavy atom. The lowest BCUT2D eigenvalue weighted by molar-refractivity contribution is 0.329. The lowest BCUT2D eigenvalue weighted by atomic mass is 10.0. The fourth-order valence-electron chi connectivity index (χ4n) is 1.85. The minimum absolute atomic E-state index is 0.0873. The first kappa shape index (κ1) is 15.1. The molecule has 0 spiro atoms. The summed E-state index contributed by atoms with van der Waals surface area (Å²) in [7, 11) is -1.02. The topological polar surface area (TPSA) is 63.4 Å². The number of rotatable bonds is 6. The minimum Gasteiger partial charge on any atom is -0.323 e. The molecule has 0 aliphatic carbocycles. The van der Waals surface area contributed by atoms with E-state index < -0.39 is 9.84 Å². The Morgan fingerprint density at radius 3 is 2.50 bits per heavy atom. The Hall–Kier alpha value is -0.910. The van der Waals surface area contributed by atoms with Gasteiger partial charge in [-0.25, -0.2) is 8.42 Å². The largest absolute Gasteiger partial charge is 0.323 e. The molecule has 0 saturated heterocycles. The molecule has 0 heterocycles. The van der Waals surface area contributed by atoms with Crippen LogP contribution in [0.1, 0.15) is 17.2 Å². The molecule has 0 amide bonds. The van der Waals surface area contributed by atoms with Crippen LogP contribution >= 0.6 is 0 Å². The van der Waals surface area contributed by atoms with Crippen LogP contribution in [0.25, 0.3) is 0 Å². The van der Waals surface area contributed by atoms with Gasteiger partial charge in [-0.15, -0.1) is 0 Å². The standard InChI is InChI=1S/C13H22N2O2S/c1-11-6-4-5-7-12(11)13(14)10-15(2)8-9-18(3,16)17/h4-7,13H,8-10,14H2,1-3H3. The van der Waals surface area contributed by atoms with Crippen LogP contribution in [-0.4, -0.2) is 45.5 Å². The maximum atomic E-state index is 11.1. The van der Waals surface area contributed by atoms with E-state index in [2.05, 4.69) is 0 Å². The van der Waals surface area contributed by atoms with Crippen molar-refractivity contribution < 1.29 is 8.42 Å². The highest BCUT2D eigenvalue weighted by Crippen LogP contribution is 2.15. The summed E-state index contributed by atoms with van der Waals surface area (Å²) >= 11 is 0. The van der Waals surface area contributed by atoms with E-state index in [4.69, 9.17) is 5.73 Å². The molecule has 0 aromatic heterocycles. The Labute approximate surface area is 110 Å². The molecule has 1 aromatic carbocycles. The van der Waals surface area contributed by atoms with Gasteiger partial charge in [0.25, 0.3) is 0 Å². The van der Waals surface area contributed by atoms with Crippen molar-refractivity contribution >= 4 is 9.84 Å². The fraction of sp³-hybridized carbons (Fsp3) is 0.538. The summed E-state index contributed by atoms with van der Waals surface area (Å²) in [6, 6.07) is 7.92. The lowest BCUT2D eigenvalue weighted by Gasteiger charge is -2.22. The summed E-state index contributed by atoms with van der Waals surface area (Å²) in [6.45, 7) is 3.20. The van der Waals surface area contributed by atoms with Gasteiger partial charge < -0.3 is 10.6 Å². The summed E-state index contributed by atoms with van der Waals surface area (Å²) in [5, 5.41) is 0. The van der Waals surface area contributed by atoms with E-state index in [0.717, 1.165) is 5.56 Å². The Kier molecular flexibility index (Phi) is 5.31. The first-order chi connectivity index (χ1) is 8.29. The molecule has 1 aromatic rings. The number of nitrogens with two attached hydrogens (primary N) is 1. The average molecular weight is 270 g/mol. The molecular formula is C13H22N2O2S. The van der Waals surface area contributed by atoms with Crippen molar-refractivity contribution in [3.63, 3.8) is 0 Å². The zero-order valence-electron chi connectivity index (χ0n) is 11.3. The molecule has 0 bridgehead atoms. The minimum atomic E-state index is -2.91. The van der Waals surface area contributed by atoms with Crippen LogP contribution in [0.3, 0.4) is 0 Å². The van der Waals surface area contributed by atoms with Crippen molar-refractivity contribution in [3.8, 4) is 0 Å². The van der Waals surface area contributed by atoms with Crippen LogP contribution in [0.4, 0.5) is 0 Å². The zero-order valence-corrected chi connectivity index (χ0v) is 12.1. The van der Waals surface area contributed by atoms with Crippen molar-refractivity contribution in [2.24, 2.45) is 5.73 Å². The van der Waals surface area contributed by atoms with Crippen LogP contribution < -0.4 is 5.73 Å². The zero-order chi connectivity index (χ0) is 13.8. The molecule has 5 heteroatoms. The quantitative estimate of drug-likeness (QED) is 0.836. The fourth-order valence-corrected chi connectivity index (χ4v) is 2.49. The van der Waals surface area contributed by atoms with Gasteiger partial charge in [0.15, 0.2) is 0 Å². The predicted octanol–water partition coefficient (Wildman–Crippen LogP) is 0.971. The highest BCUT2D eigenvalue weighted by Gasteiger charge is 2.12. The summed E-state index contributed by atoms with van der Waals surface area (Å²) in [4.78, 5) is 1.96. The van der Waals surface area contributed by atoms with Gasteiger partial charge in [-0.1, -0.05) is 24.3 Å². The van der Waals surface area contributed by atoms with E-state index in [1.54, 1.807) is 0 Å². The number of likely N-dealkylation sites (N-methyl/N-ethyl adjacent to an activating group) is 1. The number of hydrogen-bond acceptors (Lipinski definition) is 4.